The van der Waals surface area contributed by atoms with Crippen molar-refractivity contribution in [2.24, 2.45) is 0 Å². The number of nitrogens with zero attached hydrogens (tertiary/aromatic N) is 2. The lowest BCUT2D eigenvalue weighted by Crippen LogP contribution is -2.07. The lowest BCUT2D eigenvalue weighted by atomic mass is 10.1. The molecule has 0 spiro atoms. The van der Waals surface area contributed by atoms with E-state index in [4.69, 9.17) is 16.3 Å². The van der Waals surface area contributed by atoms with E-state index in [2.05, 4.69) is 36.8 Å². The van der Waals surface area contributed by atoms with Crippen molar-refractivity contribution in [1.82, 2.24) is 9.55 Å². The van der Waals surface area contributed by atoms with Crippen LogP contribution in [0, 0.1) is 0 Å². The summed E-state index contributed by atoms with van der Waals surface area (Å²) in [6, 6.07) is 22.4. The number of carbonyl (C=O) groups excluding carboxylic acids is 1. The van der Waals surface area contributed by atoms with Gasteiger partial charge in [-0.05, 0) is 51.8 Å². The minimum Gasteiger partial charge on any atom is -0.422 e. The van der Waals surface area contributed by atoms with Gasteiger partial charge in [-0.2, -0.15) is 0 Å². The van der Waals surface area contributed by atoms with E-state index in [1.807, 2.05) is 65.4 Å². The second-order valence-electron chi connectivity index (χ2n) is 6.90. The zero-order chi connectivity index (χ0) is 22.5. The Hall–Kier alpha value is -2.67. The largest absolute Gasteiger partial charge is 0.422 e. The molecule has 0 N–H and O–H groups in total. The molecule has 0 bridgehead atoms. The summed E-state index contributed by atoms with van der Waals surface area (Å²) >= 11 is 13.0. The summed E-state index contributed by atoms with van der Waals surface area (Å²) in [6.07, 6.45) is 5.37. The zero-order valence-electron chi connectivity index (χ0n) is 16.7. The molecule has 0 fully saturated rings. The molecule has 0 unspecified atom stereocenters. The van der Waals surface area contributed by atoms with Crippen LogP contribution in [0.1, 0.15) is 27.3 Å². The van der Waals surface area contributed by atoms with Crippen LogP contribution in [-0.2, 0) is 11.3 Å². The van der Waals surface area contributed by atoms with Crippen molar-refractivity contribution in [2.45, 2.75) is 6.54 Å². The SMILES string of the molecule is O=C(O/C(=C/c1nccn1Cc1ccc(Cl)cc1)c1ccccc1Br)c1ccccc1Br. The standard InChI is InChI=1S/C25H17Br2ClN2O2/c26-21-7-3-1-5-19(21)23(32-25(31)20-6-2-4-8-22(20)27)15-24-29-13-14-30(24)16-17-9-11-18(28)12-10-17/h1-15H,16H2/b23-15+. The highest BCUT2D eigenvalue weighted by atomic mass is 79.9. The van der Waals surface area contributed by atoms with Crippen molar-refractivity contribution < 1.29 is 9.53 Å². The van der Waals surface area contributed by atoms with Gasteiger partial charge < -0.3 is 9.30 Å². The van der Waals surface area contributed by atoms with Crippen LogP contribution in [0.4, 0.5) is 0 Å². The summed E-state index contributed by atoms with van der Waals surface area (Å²) in [5.41, 5.74) is 2.26. The molecule has 0 saturated heterocycles. The Morgan fingerprint density at radius 3 is 2.22 bits per heavy atom. The van der Waals surface area contributed by atoms with Crippen LogP contribution in [0.2, 0.25) is 5.02 Å². The van der Waals surface area contributed by atoms with E-state index in [9.17, 15) is 4.79 Å². The zero-order valence-corrected chi connectivity index (χ0v) is 20.6. The molecule has 3 aromatic carbocycles. The molecule has 0 aliphatic rings. The predicted octanol–water partition coefficient (Wildman–Crippen LogP) is 7.46. The Balaban J connectivity index is 1.70. The highest BCUT2D eigenvalue weighted by Crippen LogP contribution is 2.29. The van der Waals surface area contributed by atoms with Crippen molar-refractivity contribution in [3.8, 4) is 0 Å². The third kappa shape index (κ3) is 5.38. The Bertz CT molecular complexity index is 1280. The molecule has 160 valence electrons. The van der Waals surface area contributed by atoms with Gasteiger partial charge in [-0.25, -0.2) is 9.78 Å². The van der Waals surface area contributed by atoms with Gasteiger partial charge in [0.25, 0.3) is 0 Å². The van der Waals surface area contributed by atoms with Crippen LogP contribution < -0.4 is 0 Å². The molecule has 32 heavy (non-hydrogen) atoms. The molecule has 0 amide bonds. The molecule has 0 radical (unpaired) electrons. The summed E-state index contributed by atoms with van der Waals surface area (Å²) in [5.74, 6) is 0.586. The number of imidazole rings is 1. The van der Waals surface area contributed by atoms with Crippen LogP contribution in [0.3, 0.4) is 0 Å². The number of carbonyl (C=O) groups is 1. The Morgan fingerprint density at radius 2 is 1.56 bits per heavy atom. The minimum atomic E-state index is -0.463. The molecular formula is C25H17Br2ClN2O2. The molecular weight excluding hydrogens is 556 g/mol. The van der Waals surface area contributed by atoms with Crippen LogP contribution >= 0.6 is 43.5 Å². The van der Waals surface area contributed by atoms with Gasteiger partial charge in [-0.1, -0.05) is 70.0 Å². The summed E-state index contributed by atoms with van der Waals surface area (Å²) < 4.78 is 9.32. The molecule has 0 aliphatic heterocycles. The third-order valence-electron chi connectivity index (χ3n) is 4.71. The lowest BCUT2D eigenvalue weighted by Gasteiger charge is -2.13. The number of aromatic nitrogens is 2. The lowest BCUT2D eigenvalue weighted by molar-refractivity contribution is 0.0692. The minimum absolute atomic E-state index is 0.391. The first-order valence-corrected chi connectivity index (χ1v) is 11.7. The average molecular weight is 573 g/mol. The Kier molecular flexibility index (Phi) is 7.25. The highest BCUT2D eigenvalue weighted by Gasteiger charge is 2.17. The molecule has 0 atom stereocenters. The van der Waals surface area contributed by atoms with Crippen LogP contribution in [0.25, 0.3) is 11.8 Å². The number of rotatable bonds is 6. The van der Waals surface area contributed by atoms with E-state index in [1.165, 1.54) is 0 Å². The number of benzene rings is 3. The first-order valence-electron chi connectivity index (χ1n) is 9.70. The van der Waals surface area contributed by atoms with Gasteiger partial charge in [0.15, 0.2) is 0 Å². The van der Waals surface area contributed by atoms with Gasteiger partial charge in [0.1, 0.15) is 11.6 Å². The van der Waals surface area contributed by atoms with E-state index < -0.39 is 5.97 Å². The molecule has 7 heteroatoms. The van der Waals surface area contributed by atoms with Crippen LogP contribution in [0.5, 0.6) is 0 Å². The maximum atomic E-state index is 12.9. The van der Waals surface area contributed by atoms with Crippen molar-refractivity contribution in [1.29, 1.82) is 0 Å². The maximum absolute atomic E-state index is 12.9. The summed E-state index contributed by atoms with van der Waals surface area (Å²) in [4.78, 5) is 17.4. The summed E-state index contributed by atoms with van der Waals surface area (Å²) in [7, 11) is 0. The third-order valence-corrected chi connectivity index (χ3v) is 6.34. The number of ether oxygens (including phenoxy) is 1. The van der Waals surface area contributed by atoms with E-state index >= 15 is 0 Å². The molecule has 1 aromatic heterocycles. The molecule has 1 heterocycles. The summed E-state index contributed by atoms with van der Waals surface area (Å²) in [6.45, 7) is 0.602. The number of halogens is 3. The maximum Gasteiger partial charge on any atom is 0.344 e. The predicted molar refractivity (Wildman–Crippen MR) is 134 cm³/mol. The van der Waals surface area contributed by atoms with Crippen LogP contribution in [-0.4, -0.2) is 15.5 Å². The van der Waals surface area contributed by atoms with E-state index in [0.29, 0.717) is 33.2 Å². The van der Waals surface area contributed by atoms with Crippen LogP contribution in [0.15, 0.2) is 94.1 Å². The number of hydrogen-bond acceptors (Lipinski definition) is 3. The number of esters is 1. The second-order valence-corrected chi connectivity index (χ2v) is 9.04. The van der Waals surface area contributed by atoms with Crippen molar-refractivity contribution in [2.75, 3.05) is 0 Å². The second kappa shape index (κ2) is 10.3. The first kappa shape index (κ1) is 22.5. The van der Waals surface area contributed by atoms with E-state index in [0.717, 1.165) is 15.6 Å². The molecule has 4 nitrogen and oxygen atoms in total. The normalized spacial score (nSPS) is 11.4. The molecule has 0 aliphatic carbocycles. The van der Waals surface area contributed by atoms with Gasteiger partial charge in [0.05, 0.1) is 5.56 Å². The van der Waals surface area contributed by atoms with Gasteiger partial charge in [0, 0.05) is 44.5 Å². The molecule has 4 rings (SSSR count). The molecule has 4 aromatic rings. The van der Waals surface area contributed by atoms with E-state index in [-0.39, 0.29) is 0 Å². The fourth-order valence-electron chi connectivity index (χ4n) is 3.10. The van der Waals surface area contributed by atoms with Crippen molar-refractivity contribution in [3.05, 3.63) is 122 Å². The Labute approximate surface area is 207 Å². The highest BCUT2D eigenvalue weighted by molar-refractivity contribution is 9.10. The molecule has 0 saturated carbocycles. The van der Waals surface area contributed by atoms with Gasteiger partial charge in [-0.3, -0.25) is 0 Å². The van der Waals surface area contributed by atoms with Gasteiger partial charge in [0.2, 0.25) is 0 Å². The van der Waals surface area contributed by atoms with Crippen molar-refractivity contribution >= 4 is 61.3 Å². The smallest absolute Gasteiger partial charge is 0.344 e. The average Bonchev–Trinajstić information content (AvgIpc) is 3.22. The fourth-order valence-corrected chi connectivity index (χ4v) is 4.16. The van der Waals surface area contributed by atoms with E-state index in [1.54, 1.807) is 30.5 Å². The number of hydrogen-bond donors (Lipinski definition) is 0. The quantitative estimate of drug-likeness (QED) is 0.178. The van der Waals surface area contributed by atoms with Gasteiger partial charge >= 0.3 is 5.97 Å². The fraction of sp³-hybridized carbons (Fsp3) is 0.0400. The van der Waals surface area contributed by atoms with Crippen molar-refractivity contribution in [3.63, 3.8) is 0 Å². The monoisotopic (exact) mass is 570 g/mol. The first-order chi connectivity index (χ1) is 15.5. The van der Waals surface area contributed by atoms with Gasteiger partial charge in [-0.15, -0.1) is 0 Å². The summed E-state index contributed by atoms with van der Waals surface area (Å²) in [5, 5.41) is 0.690. The topological polar surface area (TPSA) is 44.1 Å². The Morgan fingerprint density at radius 1 is 0.938 bits per heavy atom.